The molecule has 0 aromatic heterocycles. The van der Waals surface area contributed by atoms with Crippen LogP contribution in [0.1, 0.15) is 56.6 Å². The number of carbonyl (C=O) groups excluding carboxylic acids is 2. The van der Waals surface area contributed by atoms with E-state index in [0.29, 0.717) is 0 Å². The average molecular weight is 316 g/mol. The van der Waals surface area contributed by atoms with Gasteiger partial charge in [0, 0.05) is 18.7 Å². The molecule has 1 aliphatic rings. The summed E-state index contributed by atoms with van der Waals surface area (Å²) in [5.41, 5.74) is 3.00. The number of rotatable bonds is 4. The Hall–Kier alpha value is -1.84. The van der Waals surface area contributed by atoms with Gasteiger partial charge in [-0.2, -0.15) is 0 Å². The van der Waals surface area contributed by atoms with Crippen LogP contribution in [0.5, 0.6) is 0 Å². The second-order valence-corrected chi connectivity index (χ2v) is 6.58. The lowest BCUT2D eigenvalue weighted by Crippen LogP contribution is -2.44. The molecular formula is C19H28N2O2. The molecular weight excluding hydrogens is 288 g/mol. The van der Waals surface area contributed by atoms with Crippen LogP contribution in [0.25, 0.3) is 0 Å². The standard InChI is InChI=1S/C19H28N2O2/c1-14-9-8-12-18(15(14)2)21(16(3)22)13-19(23)20-17-10-6-4-5-7-11-17/h8-9,12,17H,4-7,10-11,13H2,1-3H3,(H,20,23). The molecule has 2 amide bonds. The molecule has 1 aromatic rings. The highest BCUT2D eigenvalue weighted by atomic mass is 16.2. The number of carbonyl (C=O) groups is 2. The Morgan fingerprint density at radius 1 is 1.13 bits per heavy atom. The van der Waals surface area contributed by atoms with Crippen molar-refractivity contribution >= 4 is 17.5 Å². The first-order chi connectivity index (χ1) is 11.0. The van der Waals surface area contributed by atoms with Crippen LogP contribution >= 0.6 is 0 Å². The molecule has 0 atom stereocenters. The summed E-state index contributed by atoms with van der Waals surface area (Å²) in [5, 5.41) is 3.12. The largest absolute Gasteiger partial charge is 0.352 e. The maximum Gasteiger partial charge on any atom is 0.240 e. The van der Waals surface area contributed by atoms with E-state index in [-0.39, 0.29) is 24.4 Å². The molecule has 1 aliphatic carbocycles. The minimum Gasteiger partial charge on any atom is -0.352 e. The normalized spacial score (nSPS) is 15.8. The van der Waals surface area contributed by atoms with Gasteiger partial charge in [-0.15, -0.1) is 0 Å². The highest BCUT2D eigenvalue weighted by Crippen LogP contribution is 2.23. The van der Waals surface area contributed by atoms with E-state index in [2.05, 4.69) is 5.32 Å². The molecule has 1 fully saturated rings. The van der Waals surface area contributed by atoms with Gasteiger partial charge in [0.15, 0.2) is 0 Å². The van der Waals surface area contributed by atoms with Crippen molar-refractivity contribution in [2.75, 3.05) is 11.4 Å². The van der Waals surface area contributed by atoms with Crippen molar-refractivity contribution in [2.24, 2.45) is 0 Å². The van der Waals surface area contributed by atoms with E-state index < -0.39 is 0 Å². The predicted octanol–water partition coefficient (Wildman–Crippen LogP) is 3.50. The monoisotopic (exact) mass is 316 g/mol. The molecule has 0 heterocycles. The van der Waals surface area contributed by atoms with Crippen molar-refractivity contribution in [1.82, 2.24) is 5.32 Å². The second-order valence-electron chi connectivity index (χ2n) is 6.58. The van der Waals surface area contributed by atoms with Crippen LogP contribution < -0.4 is 10.2 Å². The Balaban J connectivity index is 2.05. The van der Waals surface area contributed by atoms with E-state index in [1.807, 2.05) is 32.0 Å². The van der Waals surface area contributed by atoms with Crippen LogP contribution in [0.2, 0.25) is 0 Å². The molecule has 1 saturated carbocycles. The SMILES string of the molecule is CC(=O)N(CC(=O)NC1CCCCCC1)c1cccc(C)c1C. The molecule has 2 rings (SSSR count). The third-order valence-corrected chi connectivity index (χ3v) is 4.77. The molecule has 0 saturated heterocycles. The zero-order valence-corrected chi connectivity index (χ0v) is 14.5. The number of hydrogen-bond donors (Lipinski definition) is 1. The van der Waals surface area contributed by atoms with E-state index in [1.54, 1.807) is 4.90 Å². The van der Waals surface area contributed by atoms with Gasteiger partial charge < -0.3 is 10.2 Å². The molecule has 23 heavy (non-hydrogen) atoms. The second kappa shape index (κ2) is 8.14. The van der Waals surface area contributed by atoms with Crippen LogP contribution in [0.4, 0.5) is 5.69 Å². The lowest BCUT2D eigenvalue weighted by atomic mass is 10.1. The van der Waals surface area contributed by atoms with Gasteiger partial charge in [0.05, 0.1) is 0 Å². The average Bonchev–Trinajstić information content (AvgIpc) is 2.76. The van der Waals surface area contributed by atoms with E-state index in [4.69, 9.17) is 0 Å². The number of nitrogens with one attached hydrogen (secondary N) is 1. The molecule has 0 unspecified atom stereocenters. The number of anilines is 1. The first-order valence-electron chi connectivity index (χ1n) is 8.62. The lowest BCUT2D eigenvalue weighted by molar-refractivity contribution is -0.123. The zero-order chi connectivity index (χ0) is 16.8. The van der Waals surface area contributed by atoms with E-state index >= 15 is 0 Å². The third kappa shape index (κ3) is 4.81. The van der Waals surface area contributed by atoms with E-state index in [0.717, 1.165) is 29.7 Å². The van der Waals surface area contributed by atoms with Crippen molar-refractivity contribution in [3.63, 3.8) is 0 Å². The van der Waals surface area contributed by atoms with Gasteiger partial charge in [-0.25, -0.2) is 0 Å². The summed E-state index contributed by atoms with van der Waals surface area (Å²) in [7, 11) is 0. The summed E-state index contributed by atoms with van der Waals surface area (Å²) in [4.78, 5) is 26.0. The van der Waals surface area contributed by atoms with Gasteiger partial charge in [0.2, 0.25) is 11.8 Å². The third-order valence-electron chi connectivity index (χ3n) is 4.77. The Morgan fingerprint density at radius 2 is 1.78 bits per heavy atom. The van der Waals surface area contributed by atoms with Crippen molar-refractivity contribution < 1.29 is 9.59 Å². The molecule has 4 nitrogen and oxygen atoms in total. The molecule has 0 aliphatic heterocycles. The van der Waals surface area contributed by atoms with Crippen LogP contribution in [-0.2, 0) is 9.59 Å². The predicted molar refractivity (Wildman–Crippen MR) is 93.6 cm³/mol. The topological polar surface area (TPSA) is 49.4 Å². The minimum atomic E-state index is -0.102. The summed E-state index contributed by atoms with van der Waals surface area (Å²) in [6.07, 6.45) is 6.98. The minimum absolute atomic E-state index is 0.0620. The van der Waals surface area contributed by atoms with Gasteiger partial charge >= 0.3 is 0 Å². The van der Waals surface area contributed by atoms with Crippen LogP contribution in [0, 0.1) is 13.8 Å². The number of hydrogen-bond acceptors (Lipinski definition) is 2. The Bertz CT molecular complexity index is 560. The summed E-state index contributed by atoms with van der Waals surface area (Å²) < 4.78 is 0. The van der Waals surface area contributed by atoms with Crippen LogP contribution in [0.15, 0.2) is 18.2 Å². The number of nitrogens with zero attached hydrogens (tertiary/aromatic N) is 1. The molecule has 0 bridgehead atoms. The quantitative estimate of drug-likeness (QED) is 0.864. The maximum atomic E-state index is 12.4. The number of benzene rings is 1. The molecule has 0 radical (unpaired) electrons. The zero-order valence-electron chi connectivity index (χ0n) is 14.5. The van der Waals surface area contributed by atoms with Crippen molar-refractivity contribution in [2.45, 2.75) is 65.3 Å². The lowest BCUT2D eigenvalue weighted by Gasteiger charge is -2.25. The number of aryl methyl sites for hydroxylation is 1. The molecule has 4 heteroatoms. The van der Waals surface area contributed by atoms with Crippen molar-refractivity contribution in [3.8, 4) is 0 Å². The van der Waals surface area contributed by atoms with Gasteiger partial charge in [-0.1, -0.05) is 37.8 Å². The maximum absolute atomic E-state index is 12.4. The van der Waals surface area contributed by atoms with Gasteiger partial charge in [-0.3, -0.25) is 9.59 Å². The first-order valence-corrected chi connectivity index (χ1v) is 8.62. The first kappa shape index (κ1) is 17.5. The Labute approximate surface area is 139 Å². The van der Waals surface area contributed by atoms with E-state index in [1.165, 1.54) is 32.6 Å². The molecule has 126 valence electrons. The molecule has 1 N–H and O–H groups in total. The fourth-order valence-corrected chi connectivity index (χ4v) is 3.23. The summed E-state index contributed by atoms with van der Waals surface area (Å²) in [5.74, 6) is -0.164. The summed E-state index contributed by atoms with van der Waals surface area (Å²) in [6.45, 7) is 5.61. The fourth-order valence-electron chi connectivity index (χ4n) is 3.23. The van der Waals surface area contributed by atoms with Gasteiger partial charge in [-0.05, 0) is 43.9 Å². The van der Waals surface area contributed by atoms with Crippen molar-refractivity contribution in [1.29, 1.82) is 0 Å². The van der Waals surface area contributed by atoms with Crippen molar-refractivity contribution in [3.05, 3.63) is 29.3 Å². The van der Waals surface area contributed by atoms with Gasteiger partial charge in [0.1, 0.15) is 6.54 Å². The summed E-state index contributed by atoms with van der Waals surface area (Å²) >= 11 is 0. The van der Waals surface area contributed by atoms with Gasteiger partial charge in [0.25, 0.3) is 0 Å². The molecule has 1 aromatic carbocycles. The fraction of sp³-hybridized carbons (Fsp3) is 0.579. The van der Waals surface area contributed by atoms with E-state index in [9.17, 15) is 9.59 Å². The smallest absolute Gasteiger partial charge is 0.240 e. The Kier molecular flexibility index (Phi) is 6.20. The summed E-state index contributed by atoms with van der Waals surface area (Å²) in [6, 6.07) is 6.11. The Morgan fingerprint density at radius 3 is 2.39 bits per heavy atom. The van der Waals surface area contributed by atoms with Crippen LogP contribution in [-0.4, -0.2) is 24.4 Å². The number of amides is 2. The highest BCUT2D eigenvalue weighted by Gasteiger charge is 2.20. The highest BCUT2D eigenvalue weighted by molar-refractivity contribution is 5.98. The molecule has 0 spiro atoms. The van der Waals surface area contributed by atoms with Crippen LogP contribution in [0.3, 0.4) is 0 Å².